The van der Waals surface area contributed by atoms with Crippen molar-refractivity contribution in [2.45, 2.75) is 296 Å². The van der Waals surface area contributed by atoms with Crippen molar-refractivity contribution in [1.82, 2.24) is 0 Å². The number of hydrogen-bond donors (Lipinski definition) is 1. The van der Waals surface area contributed by atoms with E-state index >= 15 is 0 Å². The van der Waals surface area contributed by atoms with E-state index in [2.05, 4.69) is 20.8 Å². The highest BCUT2D eigenvalue weighted by Crippen LogP contribution is 2.27. The van der Waals surface area contributed by atoms with Crippen LogP contribution >= 0.6 is 0 Å². The minimum absolute atomic E-state index is 0.118. The van der Waals surface area contributed by atoms with Crippen molar-refractivity contribution in [1.29, 1.82) is 0 Å². The summed E-state index contributed by atoms with van der Waals surface area (Å²) in [5, 5.41) is 0. The van der Waals surface area contributed by atoms with Crippen LogP contribution in [-0.2, 0) is 0 Å². The molecule has 0 unspecified atom stereocenters. The van der Waals surface area contributed by atoms with Gasteiger partial charge in [0.2, 0.25) is 0 Å². The molecule has 0 spiro atoms. The number of nitrogens with two attached hydrogens (primary N) is 1. The van der Waals surface area contributed by atoms with E-state index in [4.69, 9.17) is 5.73 Å². The molecule has 284 valence electrons. The topological polar surface area (TPSA) is 26.0 Å². The summed E-state index contributed by atoms with van der Waals surface area (Å²) in [6, 6.07) is 0. The third-order valence-electron chi connectivity index (χ3n) is 11.3. The summed E-state index contributed by atoms with van der Waals surface area (Å²) in [5.41, 5.74) is 7.33. The van der Waals surface area contributed by atoms with Crippen LogP contribution in [0.15, 0.2) is 0 Å². The Morgan fingerprint density at radius 1 is 0.213 bits per heavy atom. The second-order valence-corrected chi connectivity index (χ2v) is 16.3. The van der Waals surface area contributed by atoms with E-state index in [0.717, 1.165) is 0 Å². The van der Waals surface area contributed by atoms with E-state index in [-0.39, 0.29) is 5.54 Å². The third kappa shape index (κ3) is 38.6. The fourth-order valence-electron chi connectivity index (χ4n) is 7.86. The van der Waals surface area contributed by atoms with E-state index in [0.29, 0.717) is 0 Å². The van der Waals surface area contributed by atoms with Gasteiger partial charge in [0, 0.05) is 5.54 Å². The molecule has 0 radical (unpaired) electrons. The minimum Gasteiger partial charge on any atom is -0.325 e. The van der Waals surface area contributed by atoms with Crippen LogP contribution in [0.1, 0.15) is 290 Å². The molecule has 1 heteroatoms. The van der Waals surface area contributed by atoms with Crippen molar-refractivity contribution in [3.8, 4) is 0 Å². The molecule has 0 saturated carbocycles. The van der Waals surface area contributed by atoms with Gasteiger partial charge in [0.25, 0.3) is 0 Å². The van der Waals surface area contributed by atoms with E-state index in [1.165, 1.54) is 270 Å². The molecule has 0 aliphatic carbocycles. The smallest absolute Gasteiger partial charge is 0.0154 e. The first-order chi connectivity index (χ1) is 23.2. The monoisotopic (exact) mass is 662 g/mol. The second kappa shape index (κ2) is 40.4. The third-order valence-corrected chi connectivity index (χ3v) is 11.3. The molecule has 0 fully saturated rings. The van der Waals surface area contributed by atoms with Gasteiger partial charge in [-0.2, -0.15) is 0 Å². The van der Waals surface area contributed by atoms with Crippen LogP contribution in [0.2, 0.25) is 0 Å². The lowest BCUT2D eigenvalue weighted by atomic mass is 9.82. The Balaban J connectivity index is 4.07. The van der Waals surface area contributed by atoms with E-state index in [1.807, 2.05) is 0 Å². The molecule has 0 rings (SSSR count). The van der Waals surface area contributed by atoms with Crippen LogP contribution in [0.3, 0.4) is 0 Å². The lowest BCUT2D eigenvalue weighted by molar-refractivity contribution is 0.302. The summed E-state index contributed by atoms with van der Waals surface area (Å²) in [6.45, 7) is 6.94. The molecule has 0 saturated heterocycles. The lowest BCUT2D eigenvalue weighted by Gasteiger charge is -2.30. The van der Waals surface area contributed by atoms with Gasteiger partial charge >= 0.3 is 0 Å². The Morgan fingerprint density at radius 3 is 0.489 bits per heavy atom. The summed E-state index contributed by atoms with van der Waals surface area (Å²) >= 11 is 0. The fraction of sp³-hybridized carbons (Fsp3) is 1.00. The number of unbranched alkanes of at least 4 members (excludes halogenated alkanes) is 36. The molecule has 0 aromatic carbocycles. The van der Waals surface area contributed by atoms with Crippen LogP contribution in [0.5, 0.6) is 0 Å². The van der Waals surface area contributed by atoms with Crippen molar-refractivity contribution in [2.24, 2.45) is 5.73 Å². The molecule has 0 aromatic heterocycles. The van der Waals surface area contributed by atoms with Crippen LogP contribution in [-0.4, -0.2) is 5.54 Å². The highest BCUT2D eigenvalue weighted by molar-refractivity contribution is 4.84. The average Bonchev–Trinajstić information content (AvgIpc) is 3.07. The molecule has 1 nitrogen and oxygen atoms in total. The van der Waals surface area contributed by atoms with E-state index in [9.17, 15) is 0 Å². The van der Waals surface area contributed by atoms with Gasteiger partial charge in [0.05, 0.1) is 0 Å². The van der Waals surface area contributed by atoms with Crippen LogP contribution < -0.4 is 5.73 Å². The Labute approximate surface area is 301 Å². The Bertz CT molecular complexity index is 467. The number of hydrogen-bond acceptors (Lipinski definition) is 1. The van der Waals surface area contributed by atoms with E-state index in [1.54, 1.807) is 0 Å². The van der Waals surface area contributed by atoms with Gasteiger partial charge in [0.1, 0.15) is 0 Å². The van der Waals surface area contributed by atoms with Gasteiger partial charge < -0.3 is 5.73 Å². The van der Waals surface area contributed by atoms with Crippen molar-refractivity contribution in [3.05, 3.63) is 0 Å². The van der Waals surface area contributed by atoms with Crippen molar-refractivity contribution in [2.75, 3.05) is 0 Å². The molecule has 47 heavy (non-hydrogen) atoms. The molecular weight excluding hydrogens is 567 g/mol. The highest BCUT2D eigenvalue weighted by atomic mass is 14.7. The van der Waals surface area contributed by atoms with Gasteiger partial charge in [-0.15, -0.1) is 0 Å². The first kappa shape index (κ1) is 47.0. The summed E-state index contributed by atoms with van der Waals surface area (Å²) in [7, 11) is 0. The second-order valence-electron chi connectivity index (χ2n) is 16.3. The van der Waals surface area contributed by atoms with Gasteiger partial charge in [-0.25, -0.2) is 0 Å². The van der Waals surface area contributed by atoms with E-state index < -0.39 is 0 Å². The van der Waals surface area contributed by atoms with Gasteiger partial charge in [-0.05, 0) is 19.3 Å². The quantitative estimate of drug-likeness (QED) is 0.0647. The SMILES string of the molecule is CCCCCCCCCCCCCCCC(N)(CCCCCCCCCCCCCCC)CCCCCCCCCCCCCCC. The van der Waals surface area contributed by atoms with Crippen molar-refractivity contribution in [3.63, 3.8) is 0 Å². The van der Waals surface area contributed by atoms with Crippen LogP contribution in [0, 0.1) is 0 Å². The molecule has 0 bridgehead atoms. The highest BCUT2D eigenvalue weighted by Gasteiger charge is 2.23. The Hall–Kier alpha value is -0.0400. The largest absolute Gasteiger partial charge is 0.325 e. The predicted octanol–water partition coefficient (Wildman–Crippen LogP) is 17.1. The van der Waals surface area contributed by atoms with Gasteiger partial charge in [-0.1, -0.05) is 271 Å². The zero-order valence-electron chi connectivity index (χ0n) is 33.8. The molecule has 2 N–H and O–H groups in total. The van der Waals surface area contributed by atoms with Crippen LogP contribution in [0.4, 0.5) is 0 Å². The van der Waals surface area contributed by atoms with Crippen LogP contribution in [0.25, 0.3) is 0 Å². The van der Waals surface area contributed by atoms with Crippen molar-refractivity contribution < 1.29 is 0 Å². The molecule has 0 atom stereocenters. The van der Waals surface area contributed by atoms with Gasteiger partial charge in [-0.3, -0.25) is 0 Å². The molecule has 0 aromatic rings. The minimum atomic E-state index is 0.118. The Morgan fingerprint density at radius 2 is 0.340 bits per heavy atom. The first-order valence-corrected chi connectivity index (χ1v) is 23.0. The fourth-order valence-corrected chi connectivity index (χ4v) is 7.86. The summed E-state index contributed by atoms with van der Waals surface area (Å²) < 4.78 is 0. The summed E-state index contributed by atoms with van der Waals surface area (Å²) in [6.07, 6.45) is 60.0. The molecule has 0 heterocycles. The normalized spacial score (nSPS) is 12.0. The Kier molecular flexibility index (Phi) is 40.4. The molecule has 0 aliphatic heterocycles. The molecular formula is C46H95N. The maximum Gasteiger partial charge on any atom is 0.0154 e. The first-order valence-electron chi connectivity index (χ1n) is 23.0. The predicted molar refractivity (Wildman–Crippen MR) is 218 cm³/mol. The zero-order chi connectivity index (χ0) is 34.2. The zero-order valence-corrected chi connectivity index (χ0v) is 33.8. The maximum absolute atomic E-state index is 7.22. The van der Waals surface area contributed by atoms with Crippen molar-refractivity contribution >= 4 is 0 Å². The maximum atomic E-state index is 7.22. The molecule has 0 aliphatic rings. The summed E-state index contributed by atoms with van der Waals surface area (Å²) in [4.78, 5) is 0. The summed E-state index contributed by atoms with van der Waals surface area (Å²) in [5.74, 6) is 0. The number of rotatable bonds is 42. The standard InChI is InChI=1S/C46H95N/c1-4-7-10-13-16-19-22-25-28-31-34-37-40-43-46(47,44-41-38-35-32-29-26-23-20-17-14-11-8-5-2)45-42-39-36-33-30-27-24-21-18-15-12-9-6-3/h4-45,47H2,1-3H3. The average molecular weight is 662 g/mol. The lowest BCUT2D eigenvalue weighted by Crippen LogP contribution is -2.39. The molecule has 0 amide bonds. The van der Waals surface area contributed by atoms with Gasteiger partial charge in [0.15, 0.2) is 0 Å².